The molecule has 0 radical (unpaired) electrons. The van der Waals surface area contributed by atoms with Crippen molar-refractivity contribution in [2.75, 3.05) is 4.72 Å². The van der Waals surface area contributed by atoms with Gasteiger partial charge in [0.05, 0.1) is 17.2 Å². The average Bonchev–Trinajstić information content (AvgIpc) is 2.97. The number of rotatable bonds is 4. The molecule has 1 atom stereocenters. The van der Waals surface area contributed by atoms with Crippen LogP contribution < -0.4 is 4.72 Å². The molecule has 33 heavy (non-hydrogen) atoms. The minimum absolute atomic E-state index is 0.0130. The number of benzene rings is 2. The van der Waals surface area contributed by atoms with Gasteiger partial charge in [-0.3, -0.25) is 24.0 Å². The highest BCUT2D eigenvalue weighted by molar-refractivity contribution is 7.92. The van der Waals surface area contributed by atoms with E-state index in [1.807, 2.05) is 0 Å². The molecule has 0 bridgehead atoms. The Bertz CT molecular complexity index is 1310. The zero-order valence-electron chi connectivity index (χ0n) is 17.4. The molecule has 4 rings (SSSR count). The summed E-state index contributed by atoms with van der Waals surface area (Å²) in [5.41, 5.74) is 0.704. The number of amides is 2. The highest BCUT2D eigenvalue weighted by atomic mass is 32.2. The van der Waals surface area contributed by atoms with Crippen molar-refractivity contribution in [1.82, 2.24) is 4.90 Å². The molecule has 1 N–H and O–H groups in total. The van der Waals surface area contributed by atoms with Crippen LogP contribution in [0.5, 0.6) is 0 Å². The summed E-state index contributed by atoms with van der Waals surface area (Å²) in [6.07, 6.45) is 2.06. The van der Waals surface area contributed by atoms with Gasteiger partial charge in [0.1, 0.15) is 22.3 Å². The van der Waals surface area contributed by atoms with E-state index in [9.17, 15) is 31.6 Å². The van der Waals surface area contributed by atoms with Crippen molar-refractivity contribution >= 4 is 33.3 Å². The van der Waals surface area contributed by atoms with E-state index in [1.165, 1.54) is 18.2 Å². The monoisotopic (exact) mass is 474 g/mol. The van der Waals surface area contributed by atoms with E-state index in [1.54, 1.807) is 0 Å². The number of imide groups is 1. The normalized spacial score (nSPS) is 19.3. The summed E-state index contributed by atoms with van der Waals surface area (Å²) in [7, 11) is -4.42. The minimum Gasteiger partial charge on any atom is -0.300 e. The topological polar surface area (TPSA) is 101 Å². The largest absolute Gasteiger partial charge is 0.300 e. The summed E-state index contributed by atoms with van der Waals surface area (Å²) in [5, 5.41) is 0. The lowest BCUT2D eigenvalue weighted by Gasteiger charge is -2.29. The average molecular weight is 474 g/mol. The molecular weight excluding hydrogens is 454 g/mol. The smallest absolute Gasteiger partial charge is 0.264 e. The van der Waals surface area contributed by atoms with Gasteiger partial charge >= 0.3 is 0 Å². The van der Waals surface area contributed by atoms with Crippen LogP contribution in [0.4, 0.5) is 14.5 Å². The lowest BCUT2D eigenvalue weighted by atomic mass is 9.91. The number of anilines is 1. The second kappa shape index (κ2) is 8.51. The SMILES string of the molecule is C=C1CCCC(=O)CCC1N1C(=O)c2ccc(NS(=O)(=O)c3ccc(F)cc3F)cc2C1=O. The molecule has 1 aliphatic carbocycles. The second-order valence-corrected chi connectivity index (χ2v) is 9.68. The Morgan fingerprint density at radius 3 is 2.39 bits per heavy atom. The fourth-order valence-electron chi connectivity index (χ4n) is 4.13. The number of hydrogen-bond donors (Lipinski definition) is 1. The number of fused-ring (bicyclic) bond motifs is 1. The van der Waals surface area contributed by atoms with E-state index < -0.39 is 44.4 Å². The van der Waals surface area contributed by atoms with Gasteiger partial charge in [0.15, 0.2) is 0 Å². The van der Waals surface area contributed by atoms with Gasteiger partial charge in [-0.1, -0.05) is 12.2 Å². The third-order valence-corrected chi connectivity index (χ3v) is 7.20. The van der Waals surface area contributed by atoms with Crippen LogP contribution in [0.1, 0.15) is 52.8 Å². The molecule has 1 unspecified atom stereocenters. The highest BCUT2D eigenvalue weighted by Gasteiger charge is 2.41. The summed E-state index contributed by atoms with van der Waals surface area (Å²) >= 11 is 0. The van der Waals surface area contributed by atoms with Crippen LogP contribution in [0.2, 0.25) is 0 Å². The highest BCUT2D eigenvalue weighted by Crippen LogP contribution is 2.33. The molecule has 1 saturated carbocycles. The Morgan fingerprint density at radius 2 is 1.67 bits per heavy atom. The van der Waals surface area contributed by atoms with Gasteiger partial charge in [-0.05, 0) is 49.6 Å². The maximum atomic E-state index is 14.0. The van der Waals surface area contributed by atoms with Crippen molar-refractivity contribution in [3.8, 4) is 0 Å². The number of halogens is 2. The van der Waals surface area contributed by atoms with E-state index in [-0.39, 0.29) is 35.4 Å². The molecular formula is C23H20F2N2O5S. The number of hydrogen-bond acceptors (Lipinski definition) is 5. The summed E-state index contributed by atoms with van der Waals surface area (Å²) in [6, 6.07) is 5.21. The lowest BCUT2D eigenvalue weighted by molar-refractivity contribution is -0.119. The van der Waals surface area contributed by atoms with Crippen LogP contribution in [0.15, 0.2) is 53.4 Å². The van der Waals surface area contributed by atoms with Crippen molar-refractivity contribution < 1.29 is 31.6 Å². The summed E-state index contributed by atoms with van der Waals surface area (Å²) in [4.78, 5) is 38.3. The molecule has 2 aliphatic rings. The molecule has 0 aromatic heterocycles. The molecule has 10 heteroatoms. The van der Waals surface area contributed by atoms with Gasteiger partial charge in [0.25, 0.3) is 21.8 Å². The Morgan fingerprint density at radius 1 is 0.939 bits per heavy atom. The van der Waals surface area contributed by atoms with Crippen LogP contribution in [0, 0.1) is 11.6 Å². The van der Waals surface area contributed by atoms with Crippen molar-refractivity contribution in [2.45, 2.75) is 43.0 Å². The van der Waals surface area contributed by atoms with Crippen LogP contribution in [-0.4, -0.2) is 37.0 Å². The van der Waals surface area contributed by atoms with Crippen LogP contribution in [0.3, 0.4) is 0 Å². The number of ketones is 1. The zero-order chi connectivity index (χ0) is 23.9. The molecule has 0 spiro atoms. The Kier molecular flexibility index (Phi) is 5.87. The molecule has 2 amide bonds. The second-order valence-electron chi connectivity index (χ2n) is 8.03. The number of nitrogens with zero attached hydrogens (tertiary/aromatic N) is 1. The number of sulfonamides is 1. The summed E-state index contributed by atoms with van der Waals surface area (Å²) in [6.45, 7) is 4.00. The molecule has 2 aromatic carbocycles. The first-order chi connectivity index (χ1) is 15.6. The van der Waals surface area contributed by atoms with Crippen LogP contribution in [-0.2, 0) is 14.8 Å². The molecule has 1 aliphatic heterocycles. The molecule has 172 valence electrons. The number of Topliss-reactive ketones (excluding diaryl/α,β-unsaturated/α-hetero) is 1. The number of carbonyl (C=O) groups excluding carboxylic acids is 3. The Balaban J connectivity index is 1.62. The summed E-state index contributed by atoms with van der Waals surface area (Å²) in [5.74, 6) is -3.30. The van der Waals surface area contributed by atoms with Gasteiger partial charge in [0, 0.05) is 24.6 Å². The molecule has 0 saturated heterocycles. The van der Waals surface area contributed by atoms with Gasteiger partial charge in [-0.15, -0.1) is 0 Å². The molecule has 2 aromatic rings. The first kappa shape index (κ1) is 22.8. The van der Waals surface area contributed by atoms with Crippen LogP contribution >= 0.6 is 0 Å². The van der Waals surface area contributed by atoms with E-state index in [4.69, 9.17) is 0 Å². The van der Waals surface area contributed by atoms with Crippen molar-refractivity contribution in [3.63, 3.8) is 0 Å². The van der Waals surface area contributed by atoms with Crippen LogP contribution in [0.25, 0.3) is 0 Å². The van der Waals surface area contributed by atoms with Gasteiger partial charge in [-0.25, -0.2) is 17.2 Å². The lowest BCUT2D eigenvalue weighted by Crippen LogP contribution is -2.41. The van der Waals surface area contributed by atoms with E-state index >= 15 is 0 Å². The van der Waals surface area contributed by atoms with Crippen molar-refractivity contribution in [3.05, 3.63) is 71.3 Å². The standard InChI is InChI=1S/C23H20F2N2O5S/c1-13-3-2-4-16(28)7-9-20(13)27-22(29)17-8-6-15(12-18(17)23(27)30)26-33(31,32)21-10-5-14(24)11-19(21)25/h5-6,8,10-12,20,26H,1-4,7,9H2. The first-order valence-corrected chi connectivity index (χ1v) is 11.8. The predicted octanol–water partition coefficient (Wildman–Crippen LogP) is 3.82. The Labute approximate surface area is 189 Å². The number of carbonyl (C=O) groups is 3. The fraction of sp³-hybridized carbons (Fsp3) is 0.261. The zero-order valence-corrected chi connectivity index (χ0v) is 18.3. The van der Waals surface area contributed by atoms with E-state index in [2.05, 4.69) is 11.3 Å². The number of nitrogens with one attached hydrogen (secondary N) is 1. The van der Waals surface area contributed by atoms with Gasteiger partial charge < -0.3 is 0 Å². The van der Waals surface area contributed by atoms with Crippen molar-refractivity contribution in [1.29, 1.82) is 0 Å². The third-order valence-electron chi connectivity index (χ3n) is 5.79. The van der Waals surface area contributed by atoms with E-state index in [0.717, 1.165) is 17.0 Å². The fourth-order valence-corrected chi connectivity index (χ4v) is 5.24. The first-order valence-electron chi connectivity index (χ1n) is 10.3. The van der Waals surface area contributed by atoms with Crippen molar-refractivity contribution in [2.24, 2.45) is 0 Å². The molecule has 1 fully saturated rings. The van der Waals surface area contributed by atoms with Gasteiger partial charge in [0.2, 0.25) is 0 Å². The maximum Gasteiger partial charge on any atom is 0.264 e. The third kappa shape index (κ3) is 4.30. The predicted molar refractivity (Wildman–Crippen MR) is 115 cm³/mol. The maximum absolute atomic E-state index is 14.0. The quantitative estimate of drug-likeness (QED) is 0.536. The Hall–Kier alpha value is -3.40. The molecule has 1 heterocycles. The van der Waals surface area contributed by atoms with Gasteiger partial charge in [-0.2, -0.15) is 0 Å². The summed E-state index contributed by atoms with van der Waals surface area (Å²) < 4.78 is 54.4. The van der Waals surface area contributed by atoms with E-state index in [0.29, 0.717) is 30.9 Å². The molecule has 7 nitrogen and oxygen atoms in total. The minimum atomic E-state index is -4.42.